The number of carbonyl (C=O) groups excluding carboxylic acids is 1. The Balaban J connectivity index is 1.41. The number of amides is 1. The van der Waals surface area contributed by atoms with Crippen LogP contribution >= 0.6 is 11.6 Å². The lowest BCUT2D eigenvalue weighted by molar-refractivity contribution is -0.119. The Morgan fingerprint density at radius 2 is 1.59 bits per heavy atom. The second-order valence-electron chi connectivity index (χ2n) is 8.27. The van der Waals surface area contributed by atoms with E-state index in [1.807, 2.05) is 12.1 Å². The molecule has 39 heavy (non-hydrogen) atoms. The van der Waals surface area contributed by atoms with Gasteiger partial charge in [-0.15, -0.1) is 0 Å². The lowest BCUT2D eigenvalue weighted by atomic mass is 10.2. The van der Waals surface area contributed by atoms with Crippen molar-refractivity contribution >= 4 is 39.4 Å². The van der Waals surface area contributed by atoms with E-state index in [4.69, 9.17) is 21.1 Å². The average Bonchev–Trinajstić information content (AvgIpc) is 2.96. The predicted molar refractivity (Wildman–Crippen MR) is 152 cm³/mol. The number of para-hydroxylation sites is 2. The highest BCUT2D eigenvalue weighted by Gasteiger charge is 2.29. The summed E-state index contributed by atoms with van der Waals surface area (Å²) in [5.74, 6) is 0.357. The van der Waals surface area contributed by atoms with Crippen LogP contribution in [0, 0.1) is 0 Å². The van der Waals surface area contributed by atoms with Gasteiger partial charge < -0.3 is 9.47 Å². The largest absolute Gasteiger partial charge is 0.495 e. The van der Waals surface area contributed by atoms with Crippen LogP contribution in [0.15, 0.2) is 113 Å². The summed E-state index contributed by atoms with van der Waals surface area (Å²) in [6.07, 6.45) is 1.46. The van der Waals surface area contributed by atoms with Crippen LogP contribution in [-0.2, 0) is 21.4 Å². The first-order valence-corrected chi connectivity index (χ1v) is 13.7. The molecule has 0 unspecified atom stereocenters. The smallest absolute Gasteiger partial charge is 0.264 e. The first-order valence-electron chi connectivity index (χ1n) is 11.9. The van der Waals surface area contributed by atoms with Crippen molar-refractivity contribution in [1.82, 2.24) is 5.43 Å². The van der Waals surface area contributed by atoms with Crippen molar-refractivity contribution in [3.05, 3.63) is 119 Å². The molecule has 1 N–H and O–H groups in total. The molecule has 0 heterocycles. The molecular weight excluding hydrogens is 538 g/mol. The van der Waals surface area contributed by atoms with Crippen LogP contribution in [0.25, 0.3) is 0 Å². The quantitative estimate of drug-likeness (QED) is 0.198. The summed E-state index contributed by atoms with van der Waals surface area (Å²) < 4.78 is 39.0. The third kappa shape index (κ3) is 7.37. The lowest BCUT2D eigenvalue weighted by Gasteiger charge is -2.25. The van der Waals surface area contributed by atoms with Crippen LogP contribution in [0.2, 0.25) is 5.02 Å². The number of rotatable bonds is 11. The highest BCUT2D eigenvalue weighted by molar-refractivity contribution is 7.92. The van der Waals surface area contributed by atoms with Gasteiger partial charge in [0.1, 0.15) is 24.7 Å². The molecule has 4 aromatic rings. The number of nitrogens with zero attached hydrogens (tertiary/aromatic N) is 2. The van der Waals surface area contributed by atoms with Gasteiger partial charge >= 0.3 is 0 Å². The summed E-state index contributed by atoms with van der Waals surface area (Å²) in [4.78, 5) is 12.8. The molecule has 0 saturated heterocycles. The van der Waals surface area contributed by atoms with Crippen LogP contribution in [0.5, 0.6) is 11.5 Å². The average molecular weight is 564 g/mol. The van der Waals surface area contributed by atoms with Crippen molar-refractivity contribution in [2.75, 3.05) is 18.0 Å². The van der Waals surface area contributed by atoms with Gasteiger partial charge in [0.05, 0.1) is 23.9 Å². The molecule has 0 fully saturated rings. The zero-order chi connectivity index (χ0) is 27.7. The van der Waals surface area contributed by atoms with E-state index in [2.05, 4.69) is 10.5 Å². The molecule has 8 nitrogen and oxygen atoms in total. The van der Waals surface area contributed by atoms with Crippen LogP contribution in [0.4, 0.5) is 5.69 Å². The zero-order valence-electron chi connectivity index (χ0n) is 21.0. The summed E-state index contributed by atoms with van der Waals surface area (Å²) in [6.45, 7) is -0.109. The van der Waals surface area contributed by atoms with Gasteiger partial charge in [0.25, 0.3) is 15.9 Å². The molecule has 0 aliphatic heterocycles. The van der Waals surface area contributed by atoms with Gasteiger partial charge in [-0.1, -0.05) is 54.1 Å². The third-order valence-electron chi connectivity index (χ3n) is 5.57. The van der Waals surface area contributed by atoms with E-state index in [-0.39, 0.29) is 10.6 Å². The van der Waals surface area contributed by atoms with Gasteiger partial charge in [0, 0.05) is 5.02 Å². The number of methoxy groups -OCH3 is 1. The van der Waals surface area contributed by atoms with Crippen LogP contribution < -0.4 is 19.2 Å². The van der Waals surface area contributed by atoms with Gasteiger partial charge in [-0.3, -0.25) is 9.10 Å². The van der Waals surface area contributed by atoms with E-state index in [0.717, 1.165) is 9.87 Å². The number of anilines is 1. The number of ether oxygens (including phenoxy) is 2. The number of benzene rings is 4. The molecule has 0 atom stereocenters. The number of sulfonamides is 1. The van der Waals surface area contributed by atoms with Crippen LogP contribution in [0.3, 0.4) is 0 Å². The number of nitrogens with one attached hydrogen (secondary N) is 1. The Morgan fingerprint density at radius 3 is 2.28 bits per heavy atom. The van der Waals surface area contributed by atoms with Gasteiger partial charge in [-0.2, -0.15) is 5.10 Å². The number of halogens is 1. The van der Waals surface area contributed by atoms with E-state index in [9.17, 15) is 13.2 Å². The molecule has 0 aliphatic rings. The summed E-state index contributed by atoms with van der Waals surface area (Å²) in [6, 6.07) is 29.0. The van der Waals surface area contributed by atoms with E-state index in [0.29, 0.717) is 28.7 Å². The van der Waals surface area contributed by atoms with E-state index < -0.39 is 22.5 Å². The number of hydrogen-bond acceptors (Lipinski definition) is 6. The summed E-state index contributed by atoms with van der Waals surface area (Å²) in [5.41, 5.74) is 4.34. The van der Waals surface area contributed by atoms with Gasteiger partial charge in [-0.25, -0.2) is 13.8 Å². The van der Waals surface area contributed by atoms with Crippen molar-refractivity contribution < 1.29 is 22.7 Å². The highest BCUT2D eigenvalue weighted by atomic mass is 35.5. The Hall–Kier alpha value is -4.34. The Morgan fingerprint density at radius 1 is 0.923 bits per heavy atom. The number of carbonyl (C=O) groups is 1. The lowest BCUT2D eigenvalue weighted by Crippen LogP contribution is -2.39. The third-order valence-corrected chi connectivity index (χ3v) is 7.60. The standard InChI is InChI=1S/C29H26ClN3O5S/c1-37-28-10-6-5-9-27(28)33(39(35,36)26-7-3-2-4-8-26)20-29(34)32-31-19-22-13-17-25(18-14-22)38-21-23-11-15-24(30)16-12-23/h2-19H,20-21H2,1H3,(H,32,34)/b31-19+. The first kappa shape index (κ1) is 27.7. The molecule has 10 heteroatoms. The second kappa shape index (κ2) is 12.9. The van der Waals surface area contributed by atoms with Crippen molar-refractivity contribution in [2.45, 2.75) is 11.5 Å². The molecule has 4 aromatic carbocycles. The fraction of sp³-hybridized carbons (Fsp3) is 0.103. The van der Waals surface area contributed by atoms with E-state index in [1.54, 1.807) is 78.9 Å². The van der Waals surface area contributed by atoms with Crippen molar-refractivity contribution in [1.29, 1.82) is 0 Å². The topological polar surface area (TPSA) is 97.3 Å². The number of hydrogen-bond donors (Lipinski definition) is 1. The first-order chi connectivity index (χ1) is 18.9. The van der Waals surface area contributed by atoms with Gasteiger partial charge in [0.2, 0.25) is 0 Å². The van der Waals surface area contributed by atoms with E-state index >= 15 is 0 Å². The number of hydrazone groups is 1. The zero-order valence-corrected chi connectivity index (χ0v) is 22.6. The maximum atomic E-state index is 13.5. The normalized spacial score (nSPS) is 11.2. The molecular formula is C29H26ClN3O5S. The summed E-state index contributed by atoms with van der Waals surface area (Å²) >= 11 is 5.90. The SMILES string of the molecule is COc1ccccc1N(CC(=O)N/N=C/c1ccc(OCc2ccc(Cl)cc2)cc1)S(=O)(=O)c1ccccc1. The minimum atomic E-state index is -4.07. The molecule has 200 valence electrons. The molecule has 0 radical (unpaired) electrons. The monoisotopic (exact) mass is 563 g/mol. The van der Waals surface area contributed by atoms with Gasteiger partial charge in [0.15, 0.2) is 0 Å². The second-order valence-corrected chi connectivity index (χ2v) is 10.6. The summed E-state index contributed by atoms with van der Waals surface area (Å²) in [5, 5.41) is 4.65. The minimum Gasteiger partial charge on any atom is -0.495 e. The fourth-order valence-corrected chi connectivity index (χ4v) is 5.18. The summed E-state index contributed by atoms with van der Waals surface area (Å²) in [7, 11) is -2.64. The molecule has 1 amide bonds. The Labute approximate surface area is 232 Å². The highest BCUT2D eigenvalue weighted by Crippen LogP contribution is 2.32. The van der Waals surface area contributed by atoms with E-state index in [1.165, 1.54) is 25.5 Å². The minimum absolute atomic E-state index is 0.0468. The maximum Gasteiger partial charge on any atom is 0.264 e. The molecule has 0 bridgehead atoms. The van der Waals surface area contributed by atoms with Crippen molar-refractivity contribution in [3.8, 4) is 11.5 Å². The van der Waals surface area contributed by atoms with Gasteiger partial charge in [-0.05, 0) is 71.8 Å². The predicted octanol–water partition coefficient (Wildman–Crippen LogP) is 5.27. The molecule has 0 aliphatic carbocycles. The van der Waals surface area contributed by atoms with Crippen molar-refractivity contribution in [3.63, 3.8) is 0 Å². The molecule has 0 spiro atoms. The molecule has 0 aromatic heterocycles. The van der Waals surface area contributed by atoms with Crippen LogP contribution in [-0.4, -0.2) is 34.2 Å². The molecule has 4 rings (SSSR count). The fourth-order valence-electron chi connectivity index (χ4n) is 3.60. The maximum absolute atomic E-state index is 13.5. The molecule has 0 saturated carbocycles. The van der Waals surface area contributed by atoms with Crippen molar-refractivity contribution in [2.24, 2.45) is 5.10 Å². The Bertz CT molecular complexity index is 1530. The van der Waals surface area contributed by atoms with Crippen LogP contribution in [0.1, 0.15) is 11.1 Å². The Kier molecular flexibility index (Phi) is 9.19.